The third-order valence-electron chi connectivity index (χ3n) is 4.06. The number of amides is 1. The number of aliphatic hydroxyl groups excluding tert-OH is 1. The molecule has 1 amide bonds. The number of fused-ring (bicyclic) bond motifs is 1. The number of carbonyl (C=O) groups excluding carboxylic acids is 1. The summed E-state index contributed by atoms with van der Waals surface area (Å²) >= 11 is 0. The van der Waals surface area contributed by atoms with Crippen LogP contribution < -0.4 is 5.32 Å². The molecule has 0 spiro atoms. The molecular formula is C17H19NO3. The van der Waals surface area contributed by atoms with Gasteiger partial charge in [0, 0.05) is 12.6 Å². The molecule has 1 fully saturated rings. The van der Waals surface area contributed by atoms with Crippen LogP contribution >= 0.6 is 0 Å². The van der Waals surface area contributed by atoms with Gasteiger partial charge in [0.1, 0.15) is 5.75 Å². The molecule has 0 bridgehead atoms. The maximum Gasteiger partial charge on any atom is 0.255 e. The molecule has 2 aromatic rings. The van der Waals surface area contributed by atoms with Crippen molar-refractivity contribution in [2.75, 3.05) is 6.61 Å². The summed E-state index contributed by atoms with van der Waals surface area (Å²) in [4.78, 5) is 12.4. The first-order chi connectivity index (χ1) is 10.2. The number of aromatic hydroxyl groups is 1. The van der Waals surface area contributed by atoms with E-state index in [0.717, 1.165) is 23.6 Å². The van der Waals surface area contributed by atoms with E-state index in [2.05, 4.69) is 5.32 Å². The largest absolute Gasteiger partial charge is 0.507 e. The fourth-order valence-corrected chi connectivity index (χ4v) is 2.72. The van der Waals surface area contributed by atoms with Gasteiger partial charge in [-0.05, 0) is 48.1 Å². The monoisotopic (exact) mass is 285 g/mol. The highest BCUT2D eigenvalue weighted by molar-refractivity contribution is 6.01. The summed E-state index contributed by atoms with van der Waals surface area (Å²) < 4.78 is 0. The van der Waals surface area contributed by atoms with E-state index in [1.165, 1.54) is 0 Å². The van der Waals surface area contributed by atoms with Gasteiger partial charge in [-0.3, -0.25) is 4.79 Å². The molecule has 1 saturated carbocycles. The molecule has 1 aliphatic rings. The van der Waals surface area contributed by atoms with E-state index in [4.69, 9.17) is 5.11 Å². The lowest BCUT2D eigenvalue weighted by atomic mass is 10.0. The number of nitrogens with one attached hydrogen (secondary N) is 1. The molecule has 1 unspecified atom stereocenters. The fourth-order valence-electron chi connectivity index (χ4n) is 2.72. The number of phenols is 1. The quantitative estimate of drug-likeness (QED) is 0.790. The van der Waals surface area contributed by atoms with Crippen molar-refractivity contribution < 1.29 is 15.0 Å². The van der Waals surface area contributed by atoms with Crippen LogP contribution in [-0.4, -0.2) is 28.8 Å². The molecule has 0 radical (unpaired) electrons. The minimum absolute atomic E-state index is 0.00614. The molecule has 4 heteroatoms. The summed E-state index contributed by atoms with van der Waals surface area (Å²) in [7, 11) is 0. The van der Waals surface area contributed by atoms with E-state index in [1.54, 1.807) is 12.1 Å². The van der Waals surface area contributed by atoms with Crippen molar-refractivity contribution in [2.24, 2.45) is 5.92 Å². The minimum Gasteiger partial charge on any atom is -0.507 e. The van der Waals surface area contributed by atoms with Crippen LogP contribution in [0.3, 0.4) is 0 Å². The first-order valence-corrected chi connectivity index (χ1v) is 7.32. The van der Waals surface area contributed by atoms with Crippen molar-refractivity contribution in [3.63, 3.8) is 0 Å². The van der Waals surface area contributed by atoms with Crippen LogP contribution in [0, 0.1) is 5.92 Å². The Bertz CT molecular complexity index is 664. The van der Waals surface area contributed by atoms with Crippen molar-refractivity contribution in [1.29, 1.82) is 0 Å². The normalized spacial score (nSPS) is 15.9. The zero-order valence-corrected chi connectivity index (χ0v) is 11.7. The van der Waals surface area contributed by atoms with Crippen LogP contribution in [0.25, 0.3) is 10.8 Å². The average molecular weight is 285 g/mol. The molecule has 3 rings (SSSR count). The lowest BCUT2D eigenvalue weighted by Gasteiger charge is -2.17. The van der Waals surface area contributed by atoms with E-state index in [0.29, 0.717) is 12.3 Å². The highest BCUT2D eigenvalue weighted by atomic mass is 16.3. The second-order valence-corrected chi connectivity index (χ2v) is 5.65. The lowest BCUT2D eigenvalue weighted by molar-refractivity contribution is 0.0922. The Labute approximate surface area is 123 Å². The molecule has 0 aromatic heterocycles. The maximum atomic E-state index is 12.4. The highest BCUT2D eigenvalue weighted by Gasteiger charge is 2.32. The van der Waals surface area contributed by atoms with Crippen LogP contribution in [0.2, 0.25) is 0 Å². The molecule has 1 atom stereocenters. The number of benzene rings is 2. The molecular weight excluding hydrogens is 266 g/mol. The first-order valence-electron chi connectivity index (χ1n) is 7.32. The van der Waals surface area contributed by atoms with E-state index in [9.17, 15) is 9.90 Å². The topological polar surface area (TPSA) is 69.6 Å². The van der Waals surface area contributed by atoms with Gasteiger partial charge in [0.15, 0.2) is 0 Å². The van der Waals surface area contributed by atoms with Gasteiger partial charge in [-0.2, -0.15) is 0 Å². The zero-order valence-electron chi connectivity index (χ0n) is 11.7. The Hall–Kier alpha value is -2.07. The standard InChI is InChI=1S/C17H19NO3/c19-8-7-15(11-5-6-11)18-17(21)14-9-12-3-1-2-4-13(12)10-16(14)20/h1-4,9-11,15,19-20H,5-8H2,(H,18,21). The highest BCUT2D eigenvalue weighted by Crippen LogP contribution is 2.34. The van der Waals surface area contributed by atoms with Gasteiger partial charge in [-0.1, -0.05) is 24.3 Å². The second kappa shape index (κ2) is 5.74. The molecule has 3 N–H and O–H groups in total. The first kappa shape index (κ1) is 13.9. The molecule has 4 nitrogen and oxygen atoms in total. The zero-order chi connectivity index (χ0) is 14.8. The Morgan fingerprint density at radius 2 is 1.90 bits per heavy atom. The number of hydrogen-bond donors (Lipinski definition) is 3. The van der Waals surface area contributed by atoms with Crippen molar-refractivity contribution in [2.45, 2.75) is 25.3 Å². The van der Waals surface area contributed by atoms with Gasteiger partial charge in [0.2, 0.25) is 0 Å². The summed E-state index contributed by atoms with van der Waals surface area (Å²) in [5.41, 5.74) is 0.289. The van der Waals surface area contributed by atoms with Gasteiger partial charge in [0.05, 0.1) is 5.56 Å². The van der Waals surface area contributed by atoms with E-state index in [1.807, 2.05) is 24.3 Å². The SMILES string of the molecule is O=C(NC(CCO)C1CC1)c1cc2ccccc2cc1O. The molecule has 110 valence electrons. The number of hydrogen-bond acceptors (Lipinski definition) is 3. The summed E-state index contributed by atoms with van der Waals surface area (Å²) in [6.07, 6.45) is 2.74. The third kappa shape index (κ3) is 3.00. The Morgan fingerprint density at radius 3 is 2.52 bits per heavy atom. The summed E-state index contributed by atoms with van der Waals surface area (Å²) in [6.45, 7) is 0.0607. The van der Waals surface area contributed by atoms with Crippen molar-refractivity contribution in [3.8, 4) is 5.75 Å². The van der Waals surface area contributed by atoms with Gasteiger partial charge < -0.3 is 15.5 Å². The Balaban J connectivity index is 1.84. The van der Waals surface area contributed by atoms with Gasteiger partial charge in [-0.25, -0.2) is 0 Å². The van der Waals surface area contributed by atoms with Crippen LogP contribution in [-0.2, 0) is 0 Å². The average Bonchev–Trinajstić information content (AvgIpc) is 3.30. The Kier molecular flexibility index (Phi) is 3.80. The van der Waals surface area contributed by atoms with Gasteiger partial charge in [-0.15, -0.1) is 0 Å². The molecule has 0 heterocycles. The van der Waals surface area contributed by atoms with Gasteiger partial charge >= 0.3 is 0 Å². The molecule has 1 aliphatic carbocycles. The second-order valence-electron chi connectivity index (χ2n) is 5.65. The van der Waals surface area contributed by atoms with Crippen molar-refractivity contribution in [3.05, 3.63) is 42.0 Å². The molecule has 0 aliphatic heterocycles. The number of phenolic OH excluding ortho intramolecular Hbond substituents is 1. The Morgan fingerprint density at radius 1 is 1.24 bits per heavy atom. The summed E-state index contributed by atoms with van der Waals surface area (Å²) in [5, 5.41) is 23.9. The third-order valence-corrected chi connectivity index (χ3v) is 4.06. The van der Waals surface area contributed by atoms with Crippen molar-refractivity contribution >= 4 is 16.7 Å². The molecule has 2 aromatic carbocycles. The molecule has 0 saturated heterocycles. The van der Waals surface area contributed by atoms with E-state index in [-0.39, 0.29) is 29.9 Å². The fraction of sp³-hybridized carbons (Fsp3) is 0.353. The van der Waals surface area contributed by atoms with Crippen molar-refractivity contribution in [1.82, 2.24) is 5.32 Å². The number of aliphatic hydroxyl groups is 1. The minimum atomic E-state index is -0.274. The van der Waals surface area contributed by atoms with Crippen LogP contribution in [0.5, 0.6) is 5.75 Å². The predicted octanol–water partition coefficient (Wildman–Crippen LogP) is 2.44. The lowest BCUT2D eigenvalue weighted by Crippen LogP contribution is -2.37. The smallest absolute Gasteiger partial charge is 0.255 e. The number of rotatable bonds is 5. The maximum absolute atomic E-state index is 12.4. The van der Waals surface area contributed by atoms with Gasteiger partial charge in [0.25, 0.3) is 5.91 Å². The van der Waals surface area contributed by atoms with E-state index >= 15 is 0 Å². The van der Waals surface area contributed by atoms with Crippen LogP contribution in [0.1, 0.15) is 29.6 Å². The molecule has 21 heavy (non-hydrogen) atoms. The van der Waals surface area contributed by atoms with Crippen LogP contribution in [0.4, 0.5) is 0 Å². The van der Waals surface area contributed by atoms with Crippen LogP contribution in [0.15, 0.2) is 36.4 Å². The predicted molar refractivity (Wildman–Crippen MR) is 81.3 cm³/mol. The summed E-state index contributed by atoms with van der Waals surface area (Å²) in [5.74, 6) is 0.178. The summed E-state index contributed by atoms with van der Waals surface area (Å²) in [6, 6.07) is 10.9. The van der Waals surface area contributed by atoms with E-state index < -0.39 is 0 Å². The number of carbonyl (C=O) groups is 1.